The number of fused-ring (bicyclic) bond motifs is 1. The average Bonchev–Trinajstić information content (AvgIpc) is 3.30. The zero-order chi connectivity index (χ0) is 18.9. The van der Waals surface area contributed by atoms with Gasteiger partial charge in [0.15, 0.2) is 0 Å². The van der Waals surface area contributed by atoms with Crippen molar-refractivity contribution in [3.8, 4) is 0 Å². The zero-order valence-corrected chi connectivity index (χ0v) is 16.3. The third kappa shape index (κ3) is 3.78. The van der Waals surface area contributed by atoms with Crippen LogP contribution in [0.4, 0.5) is 0 Å². The molecule has 0 atom stereocenters. The average molecular weight is 399 g/mol. The Hall–Kier alpha value is -2.55. The summed E-state index contributed by atoms with van der Waals surface area (Å²) in [6.45, 7) is 2.95. The second-order valence-corrected chi connectivity index (χ2v) is 8.59. The molecule has 0 amide bonds. The van der Waals surface area contributed by atoms with E-state index in [1.807, 2.05) is 22.9 Å². The van der Waals surface area contributed by atoms with E-state index < -0.39 is 10.0 Å². The van der Waals surface area contributed by atoms with Crippen LogP contribution in [0.15, 0.2) is 65.7 Å². The number of aryl methyl sites for hydroxylation is 1. The molecule has 0 aliphatic heterocycles. The molecule has 0 unspecified atom stereocenters. The number of rotatable bonds is 6. The van der Waals surface area contributed by atoms with Crippen molar-refractivity contribution in [1.29, 1.82) is 0 Å². The third-order valence-electron chi connectivity index (χ3n) is 4.38. The summed E-state index contributed by atoms with van der Waals surface area (Å²) in [6.07, 6.45) is 1.95. The lowest BCUT2D eigenvalue weighted by Crippen LogP contribution is -2.25. The first-order valence-corrected chi connectivity index (χ1v) is 10.6. The van der Waals surface area contributed by atoms with Crippen molar-refractivity contribution in [3.63, 3.8) is 0 Å². The van der Waals surface area contributed by atoms with E-state index in [0.29, 0.717) is 17.6 Å². The molecule has 0 bridgehead atoms. The minimum absolute atomic E-state index is 0.158. The van der Waals surface area contributed by atoms with Crippen LogP contribution in [0.3, 0.4) is 0 Å². The smallest absolute Gasteiger partial charge is 0.243 e. The Labute approximate surface area is 161 Å². The van der Waals surface area contributed by atoms with E-state index in [0.717, 1.165) is 17.4 Å². The summed E-state index contributed by atoms with van der Waals surface area (Å²) in [5.74, 6) is 0. The van der Waals surface area contributed by atoms with E-state index in [4.69, 9.17) is 0 Å². The molecule has 4 rings (SSSR count). The molecule has 0 saturated heterocycles. The van der Waals surface area contributed by atoms with Gasteiger partial charge in [-0.25, -0.2) is 13.1 Å². The lowest BCUT2D eigenvalue weighted by atomic mass is 10.1. The normalized spacial score (nSPS) is 11.9. The second kappa shape index (κ2) is 7.22. The van der Waals surface area contributed by atoms with Crippen LogP contribution >= 0.6 is 11.7 Å². The van der Waals surface area contributed by atoms with Crippen LogP contribution in [-0.4, -0.2) is 21.7 Å². The highest BCUT2D eigenvalue weighted by Gasteiger charge is 2.19. The van der Waals surface area contributed by atoms with Gasteiger partial charge in [0.1, 0.15) is 15.9 Å². The zero-order valence-electron chi connectivity index (χ0n) is 14.7. The van der Waals surface area contributed by atoms with Gasteiger partial charge in [0.25, 0.3) is 0 Å². The Morgan fingerprint density at radius 3 is 2.67 bits per heavy atom. The highest BCUT2D eigenvalue weighted by Crippen LogP contribution is 2.21. The van der Waals surface area contributed by atoms with Crippen LogP contribution in [0.2, 0.25) is 0 Å². The molecule has 0 saturated carbocycles. The van der Waals surface area contributed by atoms with E-state index in [9.17, 15) is 8.42 Å². The van der Waals surface area contributed by atoms with Gasteiger partial charge < -0.3 is 4.57 Å². The van der Waals surface area contributed by atoms with E-state index in [2.05, 4.69) is 44.7 Å². The Morgan fingerprint density at radius 1 is 1.04 bits per heavy atom. The quantitative estimate of drug-likeness (QED) is 0.540. The lowest BCUT2D eigenvalue weighted by Gasteiger charge is -2.11. The van der Waals surface area contributed by atoms with Crippen LogP contribution in [-0.2, 0) is 23.1 Å². The highest BCUT2D eigenvalue weighted by molar-refractivity contribution is 7.89. The molecule has 4 aromatic rings. The Morgan fingerprint density at radius 2 is 1.85 bits per heavy atom. The maximum absolute atomic E-state index is 12.8. The summed E-state index contributed by atoms with van der Waals surface area (Å²) in [7, 11) is -3.69. The number of nitrogens with one attached hydrogen (secondary N) is 1. The minimum Gasteiger partial charge on any atom is -0.346 e. The van der Waals surface area contributed by atoms with E-state index in [1.165, 1.54) is 11.1 Å². The number of hydrogen-bond donors (Lipinski definition) is 1. The molecule has 138 valence electrons. The fourth-order valence-electron chi connectivity index (χ4n) is 2.90. The van der Waals surface area contributed by atoms with Crippen LogP contribution in [0, 0.1) is 6.92 Å². The fourth-order valence-corrected chi connectivity index (χ4v) is 4.66. The predicted octanol–water partition coefficient (Wildman–Crippen LogP) is 3.33. The van der Waals surface area contributed by atoms with Crippen molar-refractivity contribution >= 4 is 32.8 Å². The summed E-state index contributed by atoms with van der Waals surface area (Å²) >= 11 is 1.01. The van der Waals surface area contributed by atoms with Crippen molar-refractivity contribution in [3.05, 3.63) is 77.6 Å². The number of nitrogens with zero attached hydrogens (tertiary/aromatic N) is 3. The molecule has 2 heterocycles. The third-order valence-corrected chi connectivity index (χ3v) is 6.35. The molecule has 6 nitrogen and oxygen atoms in total. The van der Waals surface area contributed by atoms with Crippen LogP contribution < -0.4 is 4.72 Å². The van der Waals surface area contributed by atoms with Crippen LogP contribution in [0.5, 0.6) is 0 Å². The van der Waals surface area contributed by atoms with Crippen LogP contribution in [0.1, 0.15) is 16.8 Å². The molecule has 2 aromatic heterocycles. The summed E-state index contributed by atoms with van der Waals surface area (Å²) in [5, 5.41) is 0. The number of benzene rings is 2. The Bertz CT molecular complexity index is 1180. The van der Waals surface area contributed by atoms with Crippen molar-refractivity contribution in [2.45, 2.75) is 24.9 Å². The number of aromatic nitrogens is 3. The molecular formula is C19H18N4O2S2. The minimum atomic E-state index is -3.69. The van der Waals surface area contributed by atoms with Crippen molar-refractivity contribution < 1.29 is 8.42 Å². The molecule has 0 aliphatic rings. The number of sulfonamides is 1. The molecule has 0 radical (unpaired) electrons. The van der Waals surface area contributed by atoms with Gasteiger partial charge >= 0.3 is 0 Å². The first-order valence-electron chi connectivity index (χ1n) is 8.43. The molecule has 0 fully saturated rings. The summed E-state index contributed by atoms with van der Waals surface area (Å²) in [5.41, 5.74) is 4.27. The van der Waals surface area contributed by atoms with Gasteiger partial charge in [-0.1, -0.05) is 35.9 Å². The highest BCUT2D eigenvalue weighted by atomic mass is 32.2. The van der Waals surface area contributed by atoms with E-state index >= 15 is 0 Å². The lowest BCUT2D eigenvalue weighted by molar-refractivity contribution is 0.579. The van der Waals surface area contributed by atoms with Gasteiger partial charge in [0.2, 0.25) is 10.0 Å². The molecule has 2 aromatic carbocycles. The SMILES string of the molecule is Cc1ccc(Cn2cccc2CNS(=O)(=O)c2cccc3nsnc23)cc1. The molecule has 27 heavy (non-hydrogen) atoms. The summed E-state index contributed by atoms with van der Waals surface area (Å²) in [4.78, 5) is 0.158. The van der Waals surface area contributed by atoms with Crippen LogP contribution in [0.25, 0.3) is 11.0 Å². The van der Waals surface area contributed by atoms with Crippen molar-refractivity contribution in [1.82, 2.24) is 18.0 Å². The van der Waals surface area contributed by atoms with E-state index in [1.54, 1.807) is 18.2 Å². The standard InChI is InChI=1S/C19H18N4O2S2/c1-14-7-9-15(10-8-14)13-23-11-3-4-16(23)12-20-27(24,25)18-6-2-5-17-19(18)22-26-21-17/h2-11,20H,12-13H2,1H3. The van der Waals surface area contributed by atoms with E-state index in [-0.39, 0.29) is 11.4 Å². The Kier molecular flexibility index (Phi) is 4.77. The maximum atomic E-state index is 12.8. The molecule has 0 spiro atoms. The predicted molar refractivity (Wildman–Crippen MR) is 106 cm³/mol. The van der Waals surface area contributed by atoms with Crippen molar-refractivity contribution in [2.75, 3.05) is 0 Å². The first-order chi connectivity index (χ1) is 13.0. The number of hydrogen-bond acceptors (Lipinski definition) is 5. The monoisotopic (exact) mass is 398 g/mol. The molecular weight excluding hydrogens is 380 g/mol. The Balaban J connectivity index is 1.53. The van der Waals surface area contributed by atoms with Gasteiger partial charge in [0.05, 0.1) is 18.3 Å². The van der Waals surface area contributed by atoms with Gasteiger partial charge in [0, 0.05) is 18.4 Å². The van der Waals surface area contributed by atoms with Gasteiger partial charge in [-0.05, 0) is 36.8 Å². The van der Waals surface area contributed by atoms with Gasteiger partial charge in [-0.2, -0.15) is 8.75 Å². The topological polar surface area (TPSA) is 76.9 Å². The molecule has 0 aliphatic carbocycles. The fraction of sp³-hybridized carbons (Fsp3) is 0.158. The summed E-state index contributed by atoms with van der Waals surface area (Å²) < 4.78 is 38.5. The largest absolute Gasteiger partial charge is 0.346 e. The first kappa shape index (κ1) is 17.8. The van der Waals surface area contributed by atoms with Gasteiger partial charge in [-0.15, -0.1) is 0 Å². The maximum Gasteiger partial charge on any atom is 0.243 e. The second-order valence-electron chi connectivity index (χ2n) is 6.33. The van der Waals surface area contributed by atoms with Crippen molar-refractivity contribution in [2.24, 2.45) is 0 Å². The molecule has 8 heteroatoms. The molecule has 1 N–H and O–H groups in total. The summed E-state index contributed by atoms with van der Waals surface area (Å²) in [6, 6.07) is 17.1. The van der Waals surface area contributed by atoms with Gasteiger partial charge in [-0.3, -0.25) is 0 Å².